The van der Waals surface area contributed by atoms with Crippen LogP contribution < -0.4 is 26.2 Å². The molecule has 2 aliphatic rings. The maximum atomic E-state index is 9.96. The molecule has 4 aromatic heterocycles. The quantitative estimate of drug-likeness (QED) is 0.128. The average Bonchev–Trinajstić information content (AvgIpc) is 0.928. The van der Waals surface area contributed by atoms with Crippen molar-refractivity contribution in [2.24, 2.45) is 0 Å². The van der Waals surface area contributed by atoms with E-state index < -0.39 is 144 Å². The average molecular weight is 1490 g/mol. The van der Waals surface area contributed by atoms with E-state index in [0.29, 0.717) is 45.5 Å². The number of fused-ring (bicyclic) bond motifs is 13. The smallest absolute Gasteiger partial charge is 0.252 e. The van der Waals surface area contributed by atoms with Crippen LogP contribution in [0.4, 0.5) is 34.1 Å². The third-order valence-electron chi connectivity index (χ3n) is 22.8. The maximum Gasteiger partial charge on any atom is 0.252 e. The van der Waals surface area contributed by atoms with Crippen molar-refractivity contribution in [1.82, 2.24) is 28.7 Å². The van der Waals surface area contributed by atoms with E-state index in [9.17, 15) is 13.7 Å². The summed E-state index contributed by atoms with van der Waals surface area (Å²) in [7, 11) is 0. The van der Waals surface area contributed by atoms with Crippen LogP contribution in [0.1, 0.15) is 104 Å². The third-order valence-corrected chi connectivity index (χ3v) is 22.8. The minimum atomic E-state index is -0.803. The van der Waals surface area contributed by atoms with Crippen molar-refractivity contribution in [3.05, 3.63) is 356 Å². The lowest BCUT2D eigenvalue weighted by Crippen LogP contribution is -2.61. The van der Waals surface area contributed by atoms with Crippen molar-refractivity contribution < 1.29 is 24.7 Å². The van der Waals surface area contributed by atoms with E-state index in [1.165, 1.54) is 0 Å². The van der Waals surface area contributed by atoms with Crippen molar-refractivity contribution in [2.75, 3.05) is 9.80 Å². The van der Waals surface area contributed by atoms with Gasteiger partial charge in [0.25, 0.3) is 6.71 Å². The van der Waals surface area contributed by atoms with Crippen LogP contribution in [0.5, 0.6) is 0 Å². The lowest BCUT2D eigenvalue weighted by atomic mass is 9.33. The summed E-state index contributed by atoms with van der Waals surface area (Å²) in [5.41, 5.74) is 15.4. The van der Waals surface area contributed by atoms with Gasteiger partial charge in [0.05, 0.1) is 74.8 Å². The van der Waals surface area contributed by atoms with Gasteiger partial charge in [0.1, 0.15) is 0 Å². The zero-order chi connectivity index (χ0) is 92.7. The standard InChI is InChI=1S/C105H83BN8/c1-103(2,3)70-49-56-91-82(59-70)83-60-71(104(4,5)6)50-57-92(83)111(91)73-52-54-85-94(62-73)113(93-58-51-72(105(7,8)9)61-84(93)102-108-100(68-35-18-12-19-36-68)107-101(109-102)69-37-20-13-21-38-69)96-64-75(112-89-47-28-24-41-80(89)81-42-25-29-48-90(81)112)65-97-98(96)106(85)86-55-53-74(110-87-45-26-22-39-78(87)79-40-23-27-46-88(79)110)63-95(86)114(97)99-76(66-31-14-10-15-32-66)43-30-44-77(99)67-33-16-11-17-34-67/h10-65H,1-9H3/i12D,13D,18D,19D,20D,21D,22D,23D,26D,27D,35D,36D,37D,38D,39D,40D,45D,46D. The van der Waals surface area contributed by atoms with Crippen molar-refractivity contribution >= 4 is 123 Å². The molecule has 2 aliphatic heterocycles. The van der Waals surface area contributed by atoms with E-state index in [4.69, 9.17) is 25.9 Å². The van der Waals surface area contributed by atoms with Crippen LogP contribution in [0, 0.1) is 0 Å². The molecule has 0 aliphatic carbocycles. The van der Waals surface area contributed by atoms with Gasteiger partial charge in [-0.3, -0.25) is 0 Å². The summed E-state index contributed by atoms with van der Waals surface area (Å²) >= 11 is 0. The van der Waals surface area contributed by atoms with Crippen molar-refractivity contribution in [2.45, 2.75) is 78.6 Å². The molecule has 6 heterocycles. The Bertz CT molecular complexity index is 7890. The van der Waals surface area contributed by atoms with Crippen LogP contribution in [-0.4, -0.2) is 35.4 Å². The summed E-state index contributed by atoms with van der Waals surface area (Å²) in [6, 6.07) is 68.0. The van der Waals surface area contributed by atoms with Crippen LogP contribution in [-0.2, 0) is 16.2 Å². The van der Waals surface area contributed by atoms with Gasteiger partial charge < -0.3 is 23.5 Å². The summed E-state index contributed by atoms with van der Waals surface area (Å²) in [6.07, 6.45) is 0. The summed E-state index contributed by atoms with van der Waals surface area (Å²) in [5.74, 6) is -1.07. The SMILES string of the molecule is [2H]c1c([2H])c([2H])c(-c2nc(-c3cc(C(C)(C)C)ccc3N3c4cc(-n5c6ccc(C(C)(C)C)cc6c6cc(C(C)(C)C)ccc65)ccc4B4c5ccc(-n6c7c([2H])c([2H])c([2H])c([2H])c7c7c([2H])c([2H])c([2H])c([2H])c76)cc5N(c5c(-c6ccccc6)cccc5-c5ccccc5)c5cc(-n6c7ccccc7c7ccccc76)cc3c54)nc(-c3c([2H])c([2H])c([2H])c([2H])c3[2H])n2)c([2H])c1[2H]. The summed E-state index contributed by atoms with van der Waals surface area (Å²) in [5, 5.41) is 3.79. The molecule has 0 fully saturated rings. The number of anilines is 6. The van der Waals surface area contributed by atoms with E-state index in [1.54, 1.807) is 4.57 Å². The highest BCUT2D eigenvalue weighted by atomic mass is 15.2. The Morgan fingerprint density at radius 2 is 0.675 bits per heavy atom. The molecular weight excluding hydrogens is 1380 g/mol. The maximum absolute atomic E-state index is 9.96. The van der Waals surface area contributed by atoms with Crippen LogP contribution >= 0.6 is 0 Å². The number of hydrogen-bond donors (Lipinski definition) is 0. The fourth-order valence-electron chi connectivity index (χ4n) is 17.3. The zero-order valence-corrected chi connectivity index (χ0v) is 64.1. The molecule has 21 rings (SSSR count). The molecule has 546 valence electrons. The first-order chi connectivity index (χ1) is 62.9. The summed E-state index contributed by atoms with van der Waals surface area (Å²) in [6.45, 7) is 18.6. The second-order valence-electron chi connectivity index (χ2n) is 32.7. The zero-order valence-electron chi connectivity index (χ0n) is 82.1. The van der Waals surface area contributed by atoms with E-state index >= 15 is 0 Å². The van der Waals surface area contributed by atoms with Crippen LogP contribution in [0.3, 0.4) is 0 Å². The molecule has 0 unspecified atom stereocenters. The predicted octanol–water partition coefficient (Wildman–Crippen LogP) is 25.5. The second-order valence-corrected chi connectivity index (χ2v) is 32.7. The summed E-state index contributed by atoms with van der Waals surface area (Å²) < 4.78 is 175. The van der Waals surface area contributed by atoms with Gasteiger partial charge in [0.15, 0.2) is 17.5 Å². The monoisotopic (exact) mass is 1480 g/mol. The largest absolute Gasteiger partial charge is 0.311 e. The van der Waals surface area contributed by atoms with Gasteiger partial charge in [0, 0.05) is 94.3 Å². The van der Waals surface area contributed by atoms with Gasteiger partial charge in [-0.25, -0.2) is 15.0 Å². The van der Waals surface area contributed by atoms with Crippen LogP contribution in [0.2, 0.25) is 0 Å². The highest BCUT2D eigenvalue weighted by Crippen LogP contribution is 2.54. The minimum absolute atomic E-state index is 0.0656. The van der Waals surface area contributed by atoms with Crippen molar-refractivity contribution in [1.29, 1.82) is 0 Å². The van der Waals surface area contributed by atoms with E-state index in [0.717, 1.165) is 105 Å². The molecular formula is C105H83BN8. The number of rotatable bonds is 10. The lowest BCUT2D eigenvalue weighted by molar-refractivity contribution is 0.590. The Morgan fingerprint density at radius 3 is 1.18 bits per heavy atom. The van der Waals surface area contributed by atoms with Crippen LogP contribution in [0.15, 0.2) is 339 Å². The minimum Gasteiger partial charge on any atom is -0.311 e. The fraction of sp³-hybridized carbons (Fsp3) is 0.114. The van der Waals surface area contributed by atoms with Gasteiger partial charge in [-0.05, 0) is 157 Å². The molecule has 114 heavy (non-hydrogen) atoms. The molecule has 0 radical (unpaired) electrons. The number of nitrogens with zero attached hydrogens (tertiary/aromatic N) is 8. The molecule has 0 amide bonds. The first-order valence-corrected chi connectivity index (χ1v) is 38.4. The Kier molecular flexibility index (Phi) is 11.8. The second kappa shape index (κ2) is 26.0. The Labute approximate surface area is 690 Å². The molecule has 15 aromatic carbocycles. The number of aromatic nitrogens is 6. The van der Waals surface area contributed by atoms with Gasteiger partial charge >= 0.3 is 0 Å². The summed E-state index contributed by atoms with van der Waals surface area (Å²) in [4.78, 5) is 19.9. The first-order valence-electron chi connectivity index (χ1n) is 47.4. The molecule has 0 bridgehead atoms. The van der Waals surface area contributed by atoms with Gasteiger partial charge in [-0.1, -0.05) is 305 Å². The highest BCUT2D eigenvalue weighted by Gasteiger charge is 2.46. The highest BCUT2D eigenvalue weighted by molar-refractivity contribution is 7.00. The van der Waals surface area contributed by atoms with E-state index in [2.05, 4.69) is 209 Å². The number of hydrogen-bond acceptors (Lipinski definition) is 5. The fourth-order valence-corrected chi connectivity index (χ4v) is 17.3. The lowest BCUT2D eigenvalue weighted by Gasteiger charge is -2.45. The normalized spacial score (nSPS) is 15.1. The molecule has 8 nitrogen and oxygen atoms in total. The van der Waals surface area contributed by atoms with E-state index in [1.807, 2.05) is 103 Å². The van der Waals surface area contributed by atoms with E-state index in [-0.39, 0.29) is 44.0 Å². The van der Waals surface area contributed by atoms with Gasteiger partial charge in [-0.2, -0.15) is 0 Å². The Balaban J connectivity index is 0.976. The molecule has 0 saturated carbocycles. The van der Waals surface area contributed by atoms with Crippen molar-refractivity contribution in [3.63, 3.8) is 0 Å². The topological polar surface area (TPSA) is 59.9 Å². The molecule has 0 saturated heterocycles. The Morgan fingerprint density at radius 1 is 0.272 bits per heavy atom. The molecule has 0 spiro atoms. The third kappa shape index (κ3) is 11.0. The first kappa shape index (κ1) is 51.8. The predicted molar refractivity (Wildman–Crippen MR) is 480 cm³/mol. The number of para-hydroxylation sites is 5. The van der Waals surface area contributed by atoms with Gasteiger partial charge in [-0.15, -0.1) is 0 Å². The van der Waals surface area contributed by atoms with Crippen LogP contribution in [0.25, 0.3) is 139 Å². The number of benzene rings is 15. The van der Waals surface area contributed by atoms with Crippen molar-refractivity contribution in [3.8, 4) is 73.5 Å². The Hall–Kier alpha value is -13.6. The molecule has 19 aromatic rings. The molecule has 0 atom stereocenters. The van der Waals surface area contributed by atoms with Gasteiger partial charge in [0.2, 0.25) is 0 Å². The molecule has 9 heteroatoms. The molecule has 0 N–H and O–H groups in total.